The number of aromatic nitrogens is 4. The van der Waals surface area contributed by atoms with Gasteiger partial charge in [-0.1, -0.05) is 13.8 Å². The first-order valence-electron chi connectivity index (χ1n) is 7.86. The minimum Gasteiger partial charge on any atom is -0.354 e. The molecule has 0 saturated heterocycles. The van der Waals surface area contributed by atoms with E-state index in [-0.39, 0.29) is 5.91 Å². The number of nitrogens with zero attached hydrogens (tertiary/aromatic N) is 5. The highest BCUT2D eigenvalue weighted by Gasteiger charge is 2.24. The highest BCUT2D eigenvalue weighted by atomic mass is 16.1. The topological polar surface area (TPSA) is 75.9 Å². The Kier molecular flexibility index (Phi) is 4.02. The minimum atomic E-state index is -0.226. The summed E-state index contributed by atoms with van der Waals surface area (Å²) in [5, 5.41) is 10.7. The van der Waals surface area contributed by atoms with Gasteiger partial charge in [-0.15, -0.1) is 10.2 Å². The molecule has 3 heterocycles. The number of nitrogens with one attached hydrogen (secondary N) is 1. The standard InChI is InChI=1S/C16H22N6O/c1-10(2)15-18-12-9-22(8-7-13(12)21(15)4)14-6-5-11(19-20-14)16(23)17-3/h5-6,10H,7-9H2,1-4H3,(H,17,23). The van der Waals surface area contributed by atoms with Crippen molar-refractivity contribution in [3.8, 4) is 0 Å². The number of rotatable bonds is 3. The molecule has 7 heteroatoms. The molecule has 0 atom stereocenters. The average Bonchev–Trinajstić information content (AvgIpc) is 2.91. The van der Waals surface area contributed by atoms with Gasteiger partial charge in [0.15, 0.2) is 11.5 Å². The van der Waals surface area contributed by atoms with E-state index in [0.29, 0.717) is 11.6 Å². The van der Waals surface area contributed by atoms with Crippen LogP contribution < -0.4 is 10.2 Å². The Bertz CT molecular complexity index is 719. The summed E-state index contributed by atoms with van der Waals surface area (Å²) in [5.74, 6) is 2.08. The summed E-state index contributed by atoms with van der Waals surface area (Å²) >= 11 is 0. The first-order valence-corrected chi connectivity index (χ1v) is 7.86. The summed E-state index contributed by atoms with van der Waals surface area (Å²) in [6.45, 7) is 5.92. The third-order valence-corrected chi connectivity index (χ3v) is 4.24. The van der Waals surface area contributed by atoms with Gasteiger partial charge in [0.1, 0.15) is 5.82 Å². The predicted octanol–water partition coefficient (Wildman–Crippen LogP) is 1.26. The summed E-state index contributed by atoms with van der Waals surface area (Å²) in [6.07, 6.45) is 0.935. The average molecular weight is 314 g/mol. The summed E-state index contributed by atoms with van der Waals surface area (Å²) in [5.41, 5.74) is 2.74. The molecule has 2 aromatic rings. The van der Waals surface area contributed by atoms with Gasteiger partial charge in [0.2, 0.25) is 0 Å². The third-order valence-electron chi connectivity index (χ3n) is 4.24. The van der Waals surface area contributed by atoms with Crippen molar-refractivity contribution in [2.24, 2.45) is 7.05 Å². The monoisotopic (exact) mass is 314 g/mol. The smallest absolute Gasteiger partial charge is 0.271 e. The van der Waals surface area contributed by atoms with Crippen molar-refractivity contribution in [2.75, 3.05) is 18.5 Å². The molecular weight excluding hydrogens is 292 g/mol. The molecule has 1 aliphatic rings. The minimum absolute atomic E-state index is 0.226. The van der Waals surface area contributed by atoms with E-state index in [2.05, 4.69) is 45.9 Å². The Balaban J connectivity index is 1.82. The Morgan fingerprint density at radius 3 is 2.70 bits per heavy atom. The van der Waals surface area contributed by atoms with E-state index < -0.39 is 0 Å². The lowest BCUT2D eigenvalue weighted by Gasteiger charge is -2.27. The van der Waals surface area contributed by atoms with Gasteiger partial charge in [-0.25, -0.2) is 4.98 Å². The van der Waals surface area contributed by atoms with Gasteiger partial charge in [-0.3, -0.25) is 4.79 Å². The van der Waals surface area contributed by atoms with Crippen LogP contribution in [0.5, 0.6) is 0 Å². The molecule has 1 N–H and O–H groups in total. The summed E-state index contributed by atoms with van der Waals surface area (Å²) in [6, 6.07) is 3.55. The van der Waals surface area contributed by atoms with Crippen LogP contribution in [0.2, 0.25) is 0 Å². The fourth-order valence-electron chi connectivity index (χ4n) is 3.00. The van der Waals surface area contributed by atoms with Crippen LogP contribution >= 0.6 is 0 Å². The van der Waals surface area contributed by atoms with Gasteiger partial charge in [0, 0.05) is 38.7 Å². The fourth-order valence-corrected chi connectivity index (χ4v) is 3.00. The molecule has 2 aromatic heterocycles. The molecule has 0 saturated carbocycles. The van der Waals surface area contributed by atoms with Crippen LogP contribution in [-0.2, 0) is 20.0 Å². The van der Waals surface area contributed by atoms with E-state index in [4.69, 9.17) is 4.98 Å². The van der Waals surface area contributed by atoms with Crippen LogP contribution in [0.4, 0.5) is 5.82 Å². The Labute approximate surface area is 135 Å². The number of carbonyl (C=O) groups is 1. The summed E-state index contributed by atoms with van der Waals surface area (Å²) in [4.78, 5) is 18.5. The molecule has 0 unspecified atom stereocenters. The van der Waals surface area contributed by atoms with Crippen LogP contribution in [-0.4, -0.2) is 39.2 Å². The van der Waals surface area contributed by atoms with Crippen molar-refractivity contribution in [1.82, 2.24) is 25.1 Å². The number of imidazole rings is 1. The second kappa shape index (κ2) is 5.98. The second-order valence-corrected chi connectivity index (χ2v) is 6.10. The Morgan fingerprint density at radius 1 is 1.30 bits per heavy atom. The molecule has 0 fully saturated rings. The molecule has 0 radical (unpaired) electrons. The van der Waals surface area contributed by atoms with Crippen molar-refractivity contribution in [2.45, 2.75) is 32.7 Å². The summed E-state index contributed by atoms with van der Waals surface area (Å²) in [7, 11) is 3.67. The lowest BCUT2D eigenvalue weighted by atomic mass is 10.1. The van der Waals surface area contributed by atoms with Crippen LogP contribution in [0.1, 0.15) is 47.5 Å². The largest absolute Gasteiger partial charge is 0.354 e. The molecule has 1 aliphatic heterocycles. The van der Waals surface area contributed by atoms with Crippen LogP contribution in [0, 0.1) is 0 Å². The zero-order chi connectivity index (χ0) is 16.6. The van der Waals surface area contributed by atoms with Gasteiger partial charge in [-0.05, 0) is 12.1 Å². The predicted molar refractivity (Wildman–Crippen MR) is 87.5 cm³/mol. The number of anilines is 1. The summed E-state index contributed by atoms with van der Waals surface area (Å²) < 4.78 is 2.22. The molecule has 122 valence electrons. The van der Waals surface area contributed by atoms with Crippen molar-refractivity contribution >= 4 is 11.7 Å². The van der Waals surface area contributed by atoms with Gasteiger partial charge >= 0.3 is 0 Å². The van der Waals surface area contributed by atoms with E-state index in [1.54, 1.807) is 13.1 Å². The fraction of sp³-hybridized carbons (Fsp3) is 0.500. The van der Waals surface area contributed by atoms with Gasteiger partial charge in [0.05, 0.1) is 12.2 Å². The number of fused-ring (bicyclic) bond motifs is 1. The maximum Gasteiger partial charge on any atom is 0.271 e. The first kappa shape index (κ1) is 15.5. The van der Waals surface area contributed by atoms with Crippen LogP contribution in [0.3, 0.4) is 0 Å². The van der Waals surface area contributed by atoms with E-state index in [1.165, 1.54) is 5.69 Å². The number of hydrogen-bond donors (Lipinski definition) is 1. The molecule has 23 heavy (non-hydrogen) atoms. The zero-order valence-electron chi connectivity index (χ0n) is 14.0. The van der Waals surface area contributed by atoms with Crippen molar-refractivity contribution in [3.05, 3.63) is 35.0 Å². The molecule has 3 rings (SSSR count). The lowest BCUT2D eigenvalue weighted by molar-refractivity contribution is 0.0957. The highest BCUT2D eigenvalue weighted by molar-refractivity contribution is 5.91. The number of carbonyl (C=O) groups excluding carboxylic acids is 1. The van der Waals surface area contributed by atoms with Gasteiger partial charge < -0.3 is 14.8 Å². The highest BCUT2D eigenvalue weighted by Crippen LogP contribution is 2.25. The van der Waals surface area contributed by atoms with E-state index >= 15 is 0 Å². The van der Waals surface area contributed by atoms with E-state index in [9.17, 15) is 4.79 Å². The normalized spacial score (nSPS) is 14.0. The Morgan fingerprint density at radius 2 is 2.09 bits per heavy atom. The first-order chi connectivity index (χ1) is 11.0. The van der Waals surface area contributed by atoms with Crippen LogP contribution in [0.25, 0.3) is 0 Å². The second-order valence-electron chi connectivity index (χ2n) is 6.10. The third kappa shape index (κ3) is 2.78. The molecule has 0 aromatic carbocycles. The lowest BCUT2D eigenvalue weighted by Crippen LogP contribution is -2.32. The Hall–Kier alpha value is -2.44. The van der Waals surface area contributed by atoms with E-state index in [0.717, 1.165) is 36.8 Å². The maximum atomic E-state index is 11.5. The van der Waals surface area contributed by atoms with E-state index in [1.807, 2.05) is 6.07 Å². The SMILES string of the molecule is CNC(=O)c1ccc(N2CCc3c(nc(C(C)C)n3C)C2)nn1. The molecule has 1 amide bonds. The van der Waals surface area contributed by atoms with Gasteiger partial charge in [-0.2, -0.15) is 0 Å². The molecule has 0 aliphatic carbocycles. The van der Waals surface area contributed by atoms with Crippen molar-refractivity contribution in [3.63, 3.8) is 0 Å². The van der Waals surface area contributed by atoms with Crippen molar-refractivity contribution in [1.29, 1.82) is 0 Å². The molecule has 7 nitrogen and oxygen atoms in total. The van der Waals surface area contributed by atoms with Crippen LogP contribution in [0.15, 0.2) is 12.1 Å². The maximum absolute atomic E-state index is 11.5. The van der Waals surface area contributed by atoms with Crippen molar-refractivity contribution < 1.29 is 4.79 Å². The number of hydrogen-bond acceptors (Lipinski definition) is 5. The zero-order valence-corrected chi connectivity index (χ0v) is 14.0. The molecule has 0 spiro atoms. The molecular formula is C16H22N6O. The van der Waals surface area contributed by atoms with Gasteiger partial charge in [0.25, 0.3) is 5.91 Å². The quantitative estimate of drug-likeness (QED) is 0.923. The molecule has 0 bridgehead atoms. The number of amides is 1.